The first-order chi connectivity index (χ1) is 6.56. The fourth-order valence-electron chi connectivity index (χ4n) is 1.20. The van der Waals surface area contributed by atoms with Crippen LogP contribution < -0.4 is 5.56 Å². The van der Waals surface area contributed by atoms with Gasteiger partial charge >= 0.3 is 5.97 Å². The summed E-state index contributed by atoms with van der Waals surface area (Å²) in [4.78, 5) is 22.0. The fourth-order valence-corrected chi connectivity index (χ4v) is 1.20. The summed E-state index contributed by atoms with van der Waals surface area (Å²) >= 11 is 0. The summed E-state index contributed by atoms with van der Waals surface area (Å²) in [7, 11) is 0. The number of rotatable bonds is 3. The normalized spacial score (nSPS) is 12.4. The number of aryl methyl sites for hydroxylation is 1. The number of aliphatic carboxylic acids is 1. The van der Waals surface area contributed by atoms with Gasteiger partial charge in [0.05, 0.1) is 5.92 Å². The van der Waals surface area contributed by atoms with E-state index in [4.69, 9.17) is 5.11 Å². The molecule has 4 heteroatoms. The van der Waals surface area contributed by atoms with Crippen LogP contribution in [0, 0.1) is 0 Å². The maximum atomic E-state index is 11.4. The van der Waals surface area contributed by atoms with E-state index in [-0.39, 0.29) is 5.56 Å². The van der Waals surface area contributed by atoms with Crippen LogP contribution in [-0.2, 0) is 11.3 Å². The molecule has 76 valence electrons. The molecular weight excluding hydrogens is 182 g/mol. The minimum absolute atomic E-state index is 0.155. The van der Waals surface area contributed by atoms with E-state index in [1.165, 1.54) is 10.6 Å². The van der Waals surface area contributed by atoms with Gasteiger partial charge in [0.2, 0.25) is 0 Å². The third-order valence-corrected chi connectivity index (χ3v) is 2.23. The molecule has 1 heterocycles. The maximum absolute atomic E-state index is 11.4. The number of carboxylic acid groups (broad SMARTS) is 1. The van der Waals surface area contributed by atoms with Gasteiger partial charge in [0, 0.05) is 18.8 Å². The Labute approximate surface area is 81.8 Å². The zero-order chi connectivity index (χ0) is 10.7. The average molecular weight is 195 g/mol. The topological polar surface area (TPSA) is 59.3 Å². The number of carboxylic acids is 1. The van der Waals surface area contributed by atoms with E-state index in [2.05, 4.69) is 0 Å². The predicted molar refractivity (Wildman–Crippen MR) is 52.4 cm³/mol. The first kappa shape index (κ1) is 10.5. The zero-order valence-corrected chi connectivity index (χ0v) is 8.23. The lowest BCUT2D eigenvalue weighted by Crippen LogP contribution is -2.19. The third-order valence-electron chi connectivity index (χ3n) is 2.23. The quantitative estimate of drug-likeness (QED) is 0.784. The number of pyridine rings is 1. The molecule has 0 aliphatic carbocycles. The molecule has 1 N–H and O–H groups in total. The molecule has 0 saturated carbocycles. The van der Waals surface area contributed by atoms with Crippen molar-refractivity contribution in [1.82, 2.24) is 4.57 Å². The number of hydrogen-bond acceptors (Lipinski definition) is 2. The van der Waals surface area contributed by atoms with Gasteiger partial charge in [0.15, 0.2) is 0 Å². The SMILES string of the molecule is CCn1ccc(C(C)C(=O)O)cc1=O. The second kappa shape index (κ2) is 4.09. The van der Waals surface area contributed by atoms with Crippen molar-refractivity contribution in [2.24, 2.45) is 0 Å². The van der Waals surface area contributed by atoms with Gasteiger partial charge in [-0.2, -0.15) is 0 Å². The fraction of sp³-hybridized carbons (Fsp3) is 0.400. The van der Waals surface area contributed by atoms with Gasteiger partial charge in [0.25, 0.3) is 5.56 Å². The smallest absolute Gasteiger partial charge is 0.310 e. The van der Waals surface area contributed by atoms with E-state index in [9.17, 15) is 9.59 Å². The highest BCUT2D eigenvalue weighted by atomic mass is 16.4. The maximum Gasteiger partial charge on any atom is 0.310 e. The summed E-state index contributed by atoms with van der Waals surface area (Å²) in [6.45, 7) is 4.02. The van der Waals surface area contributed by atoms with Crippen molar-refractivity contribution < 1.29 is 9.90 Å². The molecule has 0 aliphatic rings. The second-order valence-corrected chi connectivity index (χ2v) is 3.14. The molecule has 0 radical (unpaired) electrons. The van der Waals surface area contributed by atoms with Crippen LogP contribution in [0.5, 0.6) is 0 Å². The Morgan fingerprint density at radius 3 is 2.71 bits per heavy atom. The minimum Gasteiger partial charge on any atom is -0.481 e. The molecule has 14 heavy (non-hydrogen) atoms. The van der Waals surface area contributed by atoms with Gasteiger partial charge < -0.3 is 9.67 Å². The number of aromatic nitrogens is 1. The van der Waals surface area contributed by atoms with Crippen molar-refractivity contribution >= 4 is 5.97 Å². The van der Waals surface area contributed by atoms with Gasteiger partial charge in [0.1, 0.15) is 0 Å². The molecular formula is C10H13NO3. The first-order valence-corrected chi connectivity index (χ1v) is 4.49. The number of carbonyl (C=O) groups is 1. The Hall–Kier alpha value is -1.58. The zero-order valence-electron chi connectivity index (χ0n) is 8.23. The van der Waals surface area contributed by atoms with Gasteiger partial charge in [-0.05, 0) is 25.5 Å². The van der Waals surface area contributed by atoms with Crippen molar-refractivity contribution in [2.45, 2.75) is 26.3 Å². The van der Waals surface area contributed by atoms with Gasteiger partial charge in [-0.3, -0.25) is 9.59 Å². The minimum atomic E-state index is -0.918. The largest absolute Gasteiger partial charge is 0.481 e. The summed E-state index contributed by atoms with van der Waals surface area (Å²) in [5.41, 5.74) is 0.394. The second-order valence-electron chi connectivity index (χ2n) is 3.14. The highest BCUT2D eigenvalue weighted by molar-refractivity contribution is 5.75. The van der Waals surface area contributed by atoms with E-state index in [0.717, 1.165) is 0 Å². The lowest BCUT2D eigenvalue weighted by Gasteiger charge is -2.07. The molecule has 1 unspecified atom stereocenters. The Kier molecular flexibility index (Phi) is 3.06. The molecule has 0 bridgehead atoms. The van der Waals surface area contributed by atoms with Crippen LogP contribution in [-0.4, -0.2) is 15.6 Å². The average Bonchev–Trinajstić information content (AvgIpc) is 2.16. The lowest BCUT2D eigenvalue weighted by molar-refractivity contribution is -0.138. The van der Waals surface area contributed by atoms with Crippen molar-refractivity contribution in [2.75, 3.05) is 0 Å². The lowest BCUT2D eigenvalue weighted by atomic mass is 10.0. The summed E-state index contributed by atoms with van der Waals surface area (Å²) in [6, 6.07) is 3.05. The van der Waals surface area contributed by atoms with Crippen molar-refractivity contribution in [3.05, 3.63) is 34.2 Å². The Bertz CT molecular complexity index is 395. The molecule has 4 nitrogen and oxygen atoms in total. The van der Waals surface area contributed by atoms with Crippen LogP contribution >= 0.6 is 0 Å². The molecule has 1 aromatic heterocycles. The summed E-state index contributed by atoms with van der Waals surface area (Å²) in [5, 5.41) is 8.74. The summed E-state index contributed by atoms with van der Waals surface area (Å²) in [6.07, 6.45) is 1.62. The molecule has 1 aromatic rings. The van der Waals surface area contributed by atoms with E-state index in [1.807, 2.05) is 6.92 Å². The van der Waals surface area contributed by atoms with Crippen molar-refractivity contribution in [3.8, 4) is 0 Å². The molecule has 1 atom stereocenters. The molecule has 0 aliphatic heterocycles. The Morgan fingerprint density at radius 1 is 1.64 bits per heavy atom. The standard InChI is InChI=1S/C10H13NO3/c1-3-11-5-4-8(6-9(11)12)7(2)10(13)14/h4-7H,3H2,1-2H3,(H,13,14). The van der Waals surface area contributed by atoms with E-state index in [1.54, 1.807) is 19.2 Å². The van der Waals surface area contributed by atoms with Crippen LogP contribution in [0.2, 0.25) is 0 Å². The van der Waals surface area contributed by atoms with Crippen LogP contribution in [0.3, 0.4) is 0 Å². The number of nitrogens with zero attached hydrogens (tertiary/aromatic N) is 1. The Morgan fingerprint density at radius 2 is 2.29 bits per heavy atom. The molecule has 0 spiro atoms. The molecule has 0 saturated heterocycles. The van der Waals surface area contributed by atoms with E-state index < -0.39 is 11.9 Å². The predicted octanol–water partition coefficient (Wildman–Crippen LogP) is 1.06. The molecule has 0 fully saturated rings. The van der Waals surface area contributed by atoms with Gasteiger partial charge in [-0.15, -0.1) is 0 Å². The number of hydrogen-bond donors (Lipinski definition) is 1. The first-order valence-electron chi connectivity index (χ1n) is 4.49. The van der Waals surface area contributed by atoms with Crippen LogP contribution in [0.25, 0.3) is 0 Å². The van der Waals surface area contributed by atoms with Crippen molar-refractivity contribution in [3.63, 3.8) is 0 Å². The monoisotopic (exact) mass is 195 g/mol. The van der Waals surface area contributed by atoms with E-state index >= 15 is 0 Å². The van der Waals surface area contributed by atoms with Crippen molar-refractivity contribution in [1.29, 1.82) is 0 Å². The molecule has 1 rings (SSSR count). The van der Waals surface area contributed by atoms with E-state index in [0.29, 0.717) is 12.1 Å². The Balaban J connectivity index is 3.09. The van der Waals surface area contributed by atoms with Crippen LogP contribution in [0.1, 0.15) is 25.3 Å². The molecule has 0 aromatic carbocycles. The summed E-state index contributed by atoms with van der Waals surface area (Å²) < 4.78 is 1.53. The third kappa shape index (κ3) is 2.02. The highest BCUT2D eigenvalue weighted by Crippen LogP contribution is 2.12. The van der Waals surface area contributed by atoms with Gasteiger partial charge in [-0.25, -0.2) is 0 Å². The van der Waals surface area contributed by atoms with Crippen LogP contribution in [0.15, 0.2) is 23.1 Å². The molecule has 0 amide bonds. The van der Waals surface area contributed by atoms with Gasteiger partial charge in [-0.1, -0.05) is 0 Å². The highest BCUT2D eigenvalue weighted by Gasteiger charge is 2.13. The van der Waals surface area contributed by atoms with Crippen LogP contribution in [0.4, 0.5) is 0 Å². The summed E-state index contributed by atoms with van der Waals surface area (Å²) in [5.74, 6) is -1.55.